The minimum atomic E-state index is -3.30. The number of carbonyl (C=O) groups is 1. The molecule has 22 heavy (non-hydrogen) atoms. The Balaban J connectivity index is 1.83. The van der Waals surface area contributed by atoms with Gasteiger partial charge in [0, 0.05) is 43.4 Å². The first-order valence-electron chi connectivity index (χ1n) is 6.87. The summed E-state index contributed by atoms with van der Waals surface area (Å²) < 4.78 is 30.7. The van der Waals surface area contributed by atoms with E-state index in [1.165, 1.54) is 17.6 Å². The van der Waals surface area contributed by atoms with Crippen LogP contribution < -0.4 is 10.1 Å². The molecule has 1 saturated heterocycles. The lowest BCUT2D eigenvalue weighted by molar-refractivity contribution is 0.0955. The van der Waals surface area contributed by atoms with Crippen molar-refractivity contribution in [1.82, 2.24) is 14.6 Å². The Bertz CT molecular complexity index is 598. The van der Waals surface area contributed by atoms with E-state index in [4.69, 9.17) is 4.74 Å². The lowest BCUT2D eigenvalue weighted by Gasteiger charge is -2.25. The van der Waals surface area contributed by atoms with Gasteiger partial charge in [0.1, 0.15) is 0 Å². The first-order valence-corrected chi connectivity index (χ1v) is 9.63. The third-order valence-electron chi connectivity index (χ3n) is 3.22. The van der Waals surface area contributed by atoms with Crippen LogP contribution >= 0.6 is 11.8 Å². The summed E-state index contributed by atoms with van der Waals surface area (Å²) in [6, 6.07) is 3.16. The highest BCUT2D eigenvalue weighted by molar-refractivity contribution is 7.99. The average Bonchev–Trinajstić information content (AvgIpc) is 2.55. The van der Waals surface area contributed by atoms with Crippen LogP contribution in [-0.2, 0) is 10.0 Å². The Kier molecular flexibility index (Phi) is 6.04. The van der Waals surface area contributed by atoms with E-state index in [2.05, 4.69) is 10.3 Å². The van der Waals surface area contributed by atoms with Crippen molar-refractivity contribution in [3.8, 4) is 5.88 Å². The zero-order chi connectivity index (χ0) is 16.0. The van der Waals surface area contributed by atoms with Crippen LogP contribution in [0, 0.1) is 0 Å². The van der Waals surface area contributed by atoms with Crippen LogP contribution in [0.4, 0.5) is 0 Å². The molecule has 122 valence electrons. The molecule has 2 heterocycles. The van der Waals surface area contributed by atoms with E-state index in [-0.39, 0.29) is 18.2 Å². The highest BCUT2D eigenvalue weighted by Gasteiger charge is 2.23. The van der Waals surface area contributed by atoms with Crippen molar-refractivity contribution in [2.24, 2.45) is 0 Å². The minimum absolute atomic E-state index is 0.0802. The molecule has 1 aromatic heterocycles. The second kappa shape index (κ2) is 7.80. The van der Waals surface area contributed by atoms with Gasteiger partial charge in [0.2, 0.25) is 15.9 Å². The van der Waals surface area contributed by atoms with Crippen molar-refractivity contribution in [2.45, 2.75) is 0 Å². The van der Waals surface area contributed by atoms with Gasteiger partial charge in [-0.2, -0.15) is 11.8 Å². The molecule has 0 atom stereocenters. The molecule has 9 heteroatoms. The molecule has 0 radical (unpaired) electrons. The van der Waals surface area contributed by atoms with E-state index in [0.717, 1.165) is 11.5 Å². The fourth-order valence-corrected chi connectivity index (χ4v) is 4.48. The lowest BCUT2D eigenvalue weighted by Crippen LogP contribution is -2.41. The van der Waals surface area contributed by atoms with Crippen LogP contribution in [-0.4, -0.2) is 67.6 Å². The SMILES string of the molecule is COc1ccc(C(=O)NCCS(=O)(=O)N2CCSCC2)cn1. The number of methoxy groups -OCH3 is 1. The quantitative estimate of drug-likeness (QED) is 0.792. The van der Waals surface area contributed by atoms with Gasteiger partial charge in [0.05, 0.1) is 18.4 Å². The summed E-state index contributed by atoms with van der Waals surface area (Å²) in [7, 11) is -1.81. The van der Waals surface area contributed by atoms with Crippen LogP contribution in [0.25, 0.3) is 0 Å². The van der Waals surface area contributed by atoms with Crippen LogP contribution in [0.1, 0.15) is 10.4 Å². The number of hydrogen-bond acceptors (Lipinski definition) is 6. The Morgan fingerprint density at radius 1 is 1.41 bits per heavy atom. The number of nitrogens with zero attached hydrogens (tertiary/aromatic N) is 2. The molecule has 1 aromatic rings. The molecule has 1 aliphatic heterocycles. The molecule has 0 aliphatic carbocycles. The normalized spacial score (nSPS) is 16.2. The molecule has 0 bridgehead atoms. The van der Waals surface area contributed by atoms with E-state index < -0.39 is 10.0 Å². The van der Waals surface area contributed by atoms with Crippen molar-refractivity contribution >= 4 is 27.7 Å². The van der Waals surface area contributed by atoms with Crippen molar-refractivity contribution in [3.63, 3.8) is 0 Å². The number of ether oxygens (including phenoxy) is 1. The molecule has 0 saturated carbocycles. The van der Waals surface area contributed by atoms with Gasteiger partial charge >= 0.3 is 0 Å². The highest BCUT2D eigenvalue weighted by Crippen LogP contribution is 2.13. The number of pyridine rings is 1. The third-order valence-corrected chi connectivity index (χ3v) is 6.03. The van der Waals surface area contributed by atoms with Crippen molar-refractivity contribution < 1.29 is 17.9 Å². The van der Waals surface area contributed by atoms with E-state index >= 15 is 0 Å². The molecular formula is C13H19N3O4S2. The van der Waals surface area contributed by atoms with Gasteiger partial charge in [0.25, 0.3) is 5.91 Å². The first-order chi connectivity index (χ1) is 10.5. The monoisotopic (exact) mass is 345 g/mol. The maximum atomic E-state index is 12.1. The zero-order valence-corrected chi connectivity index (χ0v) is 14.0. The summed E-state index contributed by atoms with van der Waals surface area (Å²) in [6.07, 6.45) is 1.39. The molecule has 2 rings (SSSR count). The van der Waals surface area contributed by atoms with Gasteiger partial charge < -0.3 is 10.1 Å². The second-order valence-corrected chi connectivity index (χ2v) is 7.99. The number of hydrogen-bond donors (Lipinski definition) is 1. The maximum absolute atomic E-state index is 12.1. The van der Waals surface area contributed by atoms with Gasteiger partial charge in [-0.25, -0.2) is 17.7 Å². The summed E-state index contributed by atoms with van der Waals surface area (Å²) >= 11 is 1.75. The van der Waals surface area contributed by atoms with Crippen molar-refractivity contribution in [3.05, 3.63) is 23.9 Å². The number of nitrogens with one attached hydrogen (secondary N) is 1. The highest BCUT2D eigenvalue weighted by atomic mass is 32.2. The van der Waals surface area contributed by atoms with E-state index in [0.29, 0.717) is 24.5 Å². The molecule has 1 amide bonds. The lowest BCUT2D eigenvalue weighted by atomic mass is 10.2. The molecule has 0 unspecified atom stereocenters. The average molecular weight is 345 g/mol. The smallest absolute Gasteiger partial charge is 0.252 e. The van der Waals surface area contributed by atoms with Gasteiger partial charge in [-0.15, -0.1) is 0 Å². The molecule has 1 aliphatic rings. The van der Waals surface area contributed by atoms with E-state index in [1.807, 2.05) is 0 Å². The number of amides is 1. The summed E-state index contributed by atoms with van der Waals surface area (Å²) in [5.41, 5.74) is 0.368. The molecule has 0 aromatic carbocycles. The molecule has 1 N–H and O–H groups in total. The largest absolute Gasteiger partial charge is 0.481 e. The van der Waals surface area contributed by atoms with E-state index in [9.17, 15) is 13.2 Å². The fraction of sp³-hybridized carbons (Fsp3) is 0.538. The van der Waals surface area contributed by atoms with Gasteiger partial charge in [-0.3, -0.25) is 4.79 Å². The number of aromatic nitrogens is 1. The summed E-state index contributed by atoms with van der Waals surface area (Å²) in [5.74, 6) is 1.63. The van der Waals surface area contributed by atoms with Crippen LogP contribution in [0.3, 0.4) is 0 Å². The topological polar surface area (TPSA) is 88.6 Å². The zero-order valence-electron chi connectivity index (χ0n) is 12.3. The summed E-state index contributed by atoms with van der Waals surface area (Å²) in [6.45, 7) is 1.17. The Morgan fingerprint density at radius 3 is 2.73 bits per heavy atom. The molecule has 7 nitrogen and oxygen atoms in total. The molecular weight excluding hydrogens is 326 g/mol. The first kappa shape index (κ1) is 17.0. The number of thioether (sulfide) groups is 1. The Hall–Kier alpha value is -1.32. The van der Waals surface area contributed by atoms with Crippen LogP contribution in [0.5, 0.6) is 5.88 Å². The third kappa shape index (κ3) is 4.59. The minimum Gasteiger partial charge on any atom is -0.481 e. The maximum Gasteiger partial charge on any atom is 0.252 e. The van der Waals surface area contributed by atoms with Gasteiger partial charge in [-0.05, 0) is 6.07 Å². The second-order valence-electron chi connectivity index (χ2n) is 4.67. The van der Waals surface area contributed by atoms with Crippen molar-refractivity contribution in [2.75, 3.05) is 44.0 Å². The van der Waals surface area contributed by atoms with Crippen molar-refractivity contribution in [1.29, 1.82) is 0 Å². The predicted molar refractivity (Wildman–Crippen MR) is 85.8 cm³/mol. The van der Waals surface area contributed by atoms with Gasteiger partial charge in [0.15, 0.2) is 0 Å². The number of rotatable bonds is 6. The van der Waals surface area contributed by atoms with Gasteiger partial charge in [-0.1, -0.05) is 0 Å². The standard InChI is InChI=1S/C13H19N3O4S2/c1-20-12-3-2-11(10-15-12)13(17)14-4-9-22(18,19)16-5-7-21-8-6-16/h2-3,10H,4-9H2,1H3,(H,14,17). The summed E-state index contributed by atoms with van der Waals surface area (Å²) in [4.78, 5) is 15.8. The Morgan fingerprint density at radius 2 is 2.14 bits per heavy atom. The fourth-order valence-electron chi connectivity index (χ4n) is 1.98. The Labute approximate surface area is 134 Å². The van der Waals surface area contributed by atoms with Crippen LogP contribution in [0.2, 0.25) is 0 Å². The predicted octanol–water partition coefficient (Wildman–Crippen LogP) is 0.199. The number of sulfonamides is 1. The molecule has 0 spiro atoms. The number of carbonyl (C=O) groups excluding carboxylic acids is 1. The van der Waals surface area contributed by atoms with E-state index in [1.54, 1.807) is 23.9 Å². The molecule has 1 fully saturated rings. The van der Waals surface area contributed by atoms with Crippen LogP contribution in [0.15, 0.2) is 18.3 Å². The summed E-state index contributed by atoms with van der Waals surface area (Å²) in [5, 5.41) is 2.60.